The minimum absolute atomic E-state index is 0.0793. The van der Waals surface area contributed by atoms with Crippen LogP contribution in [0.2, 0.25) is 0 Å². The van der Waals surface area contributed by atoms with E-state index in [1.165, 1.54) is 0 Å². The van der Waals surface area contributed by atoms with E-state index in [0.29, 0.717) is 0 Å². The van der Waals surface area contributed by atoms with Gasteiger partial charge in [0, 0.05) is 0 Å². The summed E-state index contributed by atoms with van der Waals surface area (Å²) in [5, 5.41) is 0. The van der Waals surface area contributed by atoms with E-state index in [9.17, 15) is 8.42 Å². The van der Waals surface area contributed by atoms with Gasteiger partial charge >= 0.3 is 46.5 Å². The quantitative estimate of drug-likeness (QED) is 0.398. The van der Waals surface area contributed by atoms with E-state index in [1.54, 1.807) is 0 Å². The molecule has 0 aliphatic heterocycles. The van der Waals surface area contributed by atoms with Gasteiger partial charge in [-0.05, 0) is 0 Å². The normalized spacial score (nSPS) is 12.3. The van der Waals surface area contributed by atoms with E-state index in [2.05, 4.69) is 8.14 Å². The predicted octanol–water partition coefficient (Wildman–Crippen LogP) is -1.32. The first-order valence-corrected chi connectivity index (χ1v) is 3.33. The molecule has 0 bridgehead atoms. The fourth-order valence-electron chi connectivity index (χ4n) is 0.0385. The Bertz CT molecular complexity index is 125. The van der Waals surface area contributed by atoms with Crippen molar-refractivity contribution in [1.82, 2.24) is 0 Å². The maximum atomic E-state index is 9.47. The van der Waals surface area contributed by atoms with E-state index in [4.69, 9.17) is 4.55 Å². The summed E-state index contributed by atoms with van der Waals surface area (Å²) >= 11 is -0.0793. The van der Waals surface area contributed by atoms with Gasteiger partial charge < -0.3 is 0 Å². The van der Waals surface area contributed by atoms with Gasteiger partial charge in [-0.25, -0.2) is 0 Å². The van der Waals surface area contributed by atoms with Crippen LogP contribution in [0.1, 0.15) is 0 Å². The summed E-state index contributed by atoms with van der Waals surface area (Å²) in [6.07, 6.45) is 0. The second kappa shape index (κ2) is 2.59. The second-order valence-electron chi connectivity index (χ2n) is 0.555. The van der Waals surface area contributed by atoms with E-state index >= 15 is 0 Å². The Kier molecular flexibility index (Phi) is 2.71. The van der Waals surface area contributed by atoms with E-state index < -0.39 is 10.4 Å². The zero-order valence-corrected chi connectivity index (χ0v) is 4.78. The molecule has 0 aromatic carbocycles. The van der Waals surface area contributed by atoms with E-state index in [0.717, 1.165) is 0 Å². The summed E-state index contributed by atoms with van der Waals surface area (Å²) in [6.45, 7) is 0. The van der Waals surface area contributed by atoms with Gasteiger partial charge in [0.15, 0.2) is 0 Å². The summed E-state index contributed by atoms with van der Waals surface area (Å²) in [4.78, 5) is 4.49. The van der Waals surface area contributed by atoms with Gasteiger partial charge in [0.25, 0.3) is 0 Å². The molecule has 0 saturated carbocycles. The van der Waals surface area contributed by atoms with Crippen LogP contribution in [0.25, 0.3) is 0 Å². The number of nitrogens with two attached hydrogens (primary N) is 1. The summed E-state index contributed by atoms with van der Waals surface area (Å²) in [5.41, 5.74) is 0. The first-order chi connectivity index (χ1) is 3.06. The Morgan fingerprint density at radius 3 is 2.14 bits per heavy atom. The summed E-state index contributed by atoms with van der Waals surface area (Å²) in [5.74, 6) is 0. The Hall–Kier alpha value is 0.324. The van der Waals surface area contributed by atoms with Crippen molar-refractivity contribution in [2.45, 2.75) is 0 Å². The molecule has 3 N–H and O–H groups in total. The van der Waals surface area contributed by atoms with Gasteiger partial charge in [0.1, 0.15) is 0 Å². The van der Waals surface area contributed by atoms with Gasteiger partial charge in [-0.15, -0.1) is 0 Å². The Balaban J connectivity index is 3.60. The van der Waals surface area contributed by atoms with Gasteiger partial charge in [-0.1, -0.05) is 0 Å². The molecular weight excluding hydrogens is 169 g/mol. The topological polar surface area (TPSA) is 89.6 Å². The fraction of sp³-hybridized carbons (Fsp3) is 0. The molecular formula is H3NNiO4S. The van der Waals surface area contributed by atoms with E-state index in [-0.39, 0.29) is 15.0 Å². The monoisotopic (exact) mass is 171 g/mol. The number of rotatable bonds is 2. The third-order valence-corrected chi connectivity index (χ3v) is 1.20. The van der Waals surface area contributed by atoms with Gasteiger partial charge in [0.2, 0.25) is 0 Å². The van der Waals surface area contributed by atoms with Crippen LogP contribution in [-0.4, -0.2) is 13.0 Å². The van der Waals surface area contributed by atoms with E-state index in [1.807, 2.05) is 0 Å². The number of hydrogen-bond acceptors (Lipinski definition) is 4. The first kappa shape index (κ1) is 7.32. The predicted molar refractivity (Wildman–Crippen MR) is 16.8 cm³/mol. The van der Waals surface area contributed by atoms with Crippen LogP contribution in [0.4, 0.5) is 0 Å². The van der Waals surface area contributed by atoms with Crippen molar-refractivity contribution in [3.8, 4) is 0 Å². The van der Waals surface area contributed by atoms with Crippen molar-refractivity contribution in [2.24, 2.45) is 4.81 Å². The summed E-state index contributed by atoms with van der Waals surface area (Å²) in [7, 11) is -4.33. The average molecular weight is 172 g/mol. The summed E-state index contributed by atoms with van der Waals surface area (Å²) < 4.78 is 30.1. The van der Waals surface area contributed by atoms with Crippen molar-refractivity contribution in [3.05, 3.63) is 0 Å². The third kappa shape index (κ3) is 6.32. The molecule has 0 atom stereocenters. The van der Waals surface area contributed by atoms with Gasteiger partial charge in [-0.2, -0.15) is 0 Å². The summed E-state index contributed by atoms with van der Waals surface area (Å²) in [6, 6.07) is 0. The van der Waals surface area contributed by atoms with Crippen LogP contribution in [0.3, 0.4) is 0 Å². The molecule has 5 nitrogen and oxygen atoms in total. The molecule has 0 saturated heterocycles. The molecule has 0 amide bonds. The fourth-order valence-corrected chi connectivity index (χ4v) is 0.476. The Morgan fingerprint density at radius 1 is 1.71 bits per heavy atom. The van der Waals surface area contributed by atoms with Crippen LogP contribution >= 0.6 is 0 Å². The molecule has 7 heteroatoms. The van der Waals surface area contributed by atoms with Crippen LogP contribution in [0, 0.1) is 0 Å². The molecule has 0 rings (SSSR count). The van der Waals surface area contributed by atoms with Gasteiger partial charge in [-0.3, -0.25) is 0 Å². The van der Waals surface area contributed by atoms with Gasteiger partial charge in [0.05, 0.1) is 0 Å². The van der Waals surface area contributed by atoms with Crippen LogP contribution in [0.5, 0.6) is 0 Å². The van der Waals surface area contributed by atoms with Crippen LogP contribution in [0.15, 0.2) is 0 Å². The molecule has 0 aliphatic carbocycles. The first-order valence-electron chi connectivity index (χ1n) is 0.994. The molecule has 0 unspecified atom stereocenters. The second-order valence-corrected chi connectivity index (χ2v) is 2.24. The van der Waals surface area contributed by atoms with Crippen molar-refractivity contribution < 1.29 is 31.3 Å². The van der Waals surface area contributed by atoms with Crippen LogP contribution in [-0.2, 0) is 28.7 Å². The molecule has 0 aliphatic rings. The third-order valence-electron chi connectivity index (χ3n) is 0.0970. The van der Waals surface area contributed by atoms with Crippen molar-refractivity contribution in [2.75, 3.05) is 0 Å². The maximum absolute atomic E-state index is 9.47. The average Bonchev–Trinajstić information content (AvgIpc) is 1.30. The van der Waals surface area contributed by atoms with Crippen LogP contribution < -0.4 is 4.81 Å². The molecule has 0 fully saturated rings. The molecule has 0 spiro atoms. The molecule has 0 heterocycles. The standard InChI is InChI=1S/H2N.Ni.H2O4S/c;;1-5(2,3)4/h1H2;;(H2,1,2,3,4)/q-1;+2;/p-1. The molecule has 0 aromatic rings. The minimum atomic E-state index is -4.33. The SMILES string of the molecule is [NH2][Ni][O]S(=O)(=O)O. The van der Waals surface area contributed by atoms with Crippen molar-refractivity contribution in [1.29, 1.82) is 0 Å². The van der Waals surface area contributed by atoms with Crippen molar-refractivity contribution >= 4 is 10.4 Å². The number of hydrogen-bond donors (Lipinski definition) is 2. The Morgan fingerprint density at radius 2 is 2.14 bits per heavy atom. The zero-order chi connectivity index (χ0) is 5.91. The molecule has 0 radical (unpaired) electrons. The molecule has 48 valence electrons. The Labute approximate surface area is 47.1 Å². The van der Waals surface area contributed by atoms with Crippen molar-refractivity contribution in [3.63, 3.8) is 0 Å². The molecule has 7 heavy (non-hydrogen) atoms. The molecule has 0 aromatic heterocycles. The zero-order valence-electron chi connectivity index (χ0n) is 2.97.